The fourth-order valence-corrected chi connectivity index (χ4v) is 4.25. The van der Waals surface area contributed by atoms with Crippen molar-refractivity contribution >= 4 is 17.5 Å². The molecule has 166 valence electrons. The highest BCUT2D eigenvalue weighted by molar-refractivity contribution is 6.30. The third kappa shape index (κ3) is 6.42. The normalized spacial score (nSPS) is 15.5. The molecule has 4 nitrogen and oxygen atoms in total. The molecule has 0 aromatic heterocycles. The van der Waals surface area contributed by atoms with Gasteiger partial charge in [-0.1, -0.05) is 84.4 Å². The molecule has 0 saturated carbocycles. The van der Waals surface area contributed by atoms with Crippen LogP contribution in [0.5, 0.6) is 0 Å². The van der Waals surface area contributed by atoms with Crippen molar-refractivity contribution in [1.82, 2.24) is 15.1 Å². The topological polar surface area (TPSA) is 35.6 Å². The third-order valence-electron chi connectivity index (χ3n) is 5.98. The number of hydrogen-bond donors (Lipinski definition) is 1. The minimum absolute atomic E-state index is 0.183. The van der Waals surface area contributed by atoms with E-state index in [4.69, 9.17) is 11.6 Å². The number of rotatable bonds is 8. The van der Waals surface area contributed by atoms with E-state index in [1.165, 1.54) is 5.56 Å². The lowest BCUT2D eigenvalue weighted by Crippen LogP contribution is -2.54. The van der Waals surface area contributed by atoms with Gasteiger partial charge in [-0.05, 0) is 35.2 Å². The Bertz CT molecular complexity index is 971. The SMILES string of the molecule is O=C([C@H](Cc1ccccc1)NCc1ccc(Cl)cc1)N1CCN(Cc2ccccc2)CC1. The maximum Gasteiger partial charge on any atom is 0.240 e. The number of carbonyl (C=O) groups is 1. The lowest BCUT2D eigenvalue weighted by molar-refractivity contribution is -0.135. The lowest BCUT2D eigenvalue weighted by Gasteiger charge is -2.36. The van der Waals surface area contributed by atoms with Crippen LogP contribution >= 0.6 is 11.6 Å². The molecule has 0 unspecified atom stereocenters. The zero-order valence-corrected chi connectivity index (χ0v) is 19.0. The summed E-state index contributed by atoms with van der Waals surface area (Å²) in [5.41, 5.74) is 3.60. The second-order valence-electron chi connectivity index (χ2n) is 8.34. The first-order chi connectivity index (χ1) is 15.7. The predicted octanol–water partition coefficient (Wildman–Crippen LogP) is 4.39. The summed E-state index contributed by atoms with van der Waals surface area (Å²) in [5, 5.41) is 4.23. The number of nitrogens with one attached hydrogen (secondary N) is 1. The molecule has 0 bridgehead atoms. The van der Waals surface area contributed by atoms with Crippen molar-refractivity contribution < 1.29 is 4.79 Å². The van der Waals surface area contributed by atoms with Crippen LogP contribution in [0.2, 0.25) is 5.02 Å². The summed E-state index contributed by atoms with van der Waals surface area (Å²) in [5.74, 6) is 0.183. The highest BCUT2D eigenvalue weighted by Crippen LogP contribution is 2.13. The molecule has 1 saturated heterocycles. The van der Waals surface area contributed by atoms with Gasteiger partial charge in [0.15, 0.2) is 0 Å². The second-order valence-corrected chi connectivity index (χ2v) is 8.77. The summed E-state index contributed by atoms with van der Waals surface area (Å²) in [6, 6.07) is 28.3. The molecule has 0 aliphatic carbocycles. The Hall–Kier alpha value is -2.66. The average Bonchev–Trinajstić information content (AvgIpc) is 2.84. The minimum Gasteiger partial charge on any atom is -0.339 e. The van der Waals surface area contributed by atoms with E-state index >= 15 is 0 Å². The van der Waals surface area contributed by atoms with E-state index in [1.807, 2.05) is 53.4 Å². The van der Waals surface area contributed by atoms with Crippen molar-refractivity contribution in [2.75, 3.05) is 26.2 Å². The van der Waals surface area contributed by atoms with Gasteiger partial charge < -0.3 is 10.2 Å². The fraction of sp³-hybridized carbons (Fsp3) is 0.296. The van der Waals surface area contributed by atoms with Gasteiger partial charge >= 0.3 is 0 Å². The zero-order valence-electron chi connectivity index (χ0n) is 18.3. The summed E-state index contributed by atoms with van der Waals surface area (Å²) in [7, 11) is 0. The van der Waals surface area contributed by atoms with E-state index in [2.05, 4.69) is 46.6 Å². The third-order valence-corrected chi connectivity index (χ3v) is 6.23. The van der Waals surface area contributed by atoms with E-state index < -0.39 is 0 Å². The van der Waals surface area contributed by atoms with E-state index in [1.54, 1.807) is 0 Å². The molecule has 32 heavy (non-hydrogen) atoms. The van der Waals surface area contributed by atoms with Gasteiger partial charge in [-0.2, -0.15) is 0 Å². The molecule has 1 fully saturated rings. The summed E-state index contributed by atoms with van der Waals surface area (Å²) in [6.45, 7) is 4.89. The number of benzene rings is 3. The molecule has 1 aliphatic heterocycles. The van der Waals surface area contributed by atoms with Crippen molar-refractivity contribution in [1.29, 1.82) is 0 Å². The Kier molecular flexibility index (Phi) is 7.94. The van der Waals surface area contributed by atoms with E-state index in [0.717, 1.165) is 48.9 Å². The zero-order chi connectivity index (χ0) is 22.2. The number of hydrogen-bond acceptors (Lipinski definition) is 3. The second kappa shape index (κ2) is 11.3. The van der Waals surface area contributed by atoms with Gasteiger partial charge in [0.05, 0.1) is 6.04 Å². The van der Waals surface area contributed by atoms with Crippen LogP contribution in [0, 0.1) is 0 Å². The minimum atomic E-state index is -0.256. The first kappa shape index (κ1) is 22.5. The molecule has 1 N–H and O–H groups in total. The largest absolute Gasteiger partial charge is 0.339 e. The maximum atomic E-state index is 13.5. The van der Waals surface area contributed by atoms with Crippen LogP contribution in [-0.2, 0) is 24.3 Å². The van der Waals surface area contributed by atoms with Gasteiger partial charge in [-0.25, -0.2) is 0 Å². The van der Waals surface area contributed by atoms with Crippen LogP contribution < -0.4 is 5.32 Å². The van der Waals surface area contributed by atoms with Crippen molar-refractivity contribution in [2.45, 2.75) is 25.6 Å². The monoisotopic (exact) mass is 447 g/mol. The van der Waals surface area contributed by atoms with Crippen molar-refractivity contribution in [2.24, 2.45) is 0 Å². The number of amides is 1. The van der Waals surface area contributed by atoms with Crippen LogP contribution in [0.25, 0.3) is 0 Å². The molecule has 1 atom stereocenters. The van der Waals surface area contributed by atoms with Gasteiger partial charge in [-0.15, -0.1) is 0 Å². The highest BCUT2D eigenvalue weighted by atomic mass is 35.5. The van der Waals surface area contributed by atoms with Crippen molar-refractivity contribution in [3.8, 4) is 0 Å². The maximum absolute atomic E-state index is 13.5. The van der Waals surface area contributed by atoms with Gasteiger partial charge in [-0.3, -0.25) is 9.69 Å². The summed E-state index contributed by atoms with van der Waals surface area (Å²) in [6.07, 6.45) is 0.678. The smallest absolute Gasteiger partial charge is 0.240 e. The summed E-state index contributed by atoms with van der Waals surface area (Å²) >= 11 is 6.01. The van der Waals surface area contributed by atoms with Crippen molar-refractivity contribution in [3.05, 3.63) is 107 Å². The van der Waals surface area contributed by atoms with Gasteiger partial charge in [0.2, 0.25) is 5.91 Å². The molecular formula is C27H30ClN3O. The quantitative estimate of drug-likeness (QED) is 0.556. The van der Waals surface area contributed by atoms with Crippen LogP contribution in [-0.4, -0.2) is 47.9 Å². The van der Waals surface area contributed by atoms with Crippen LogP contribution in [0.3, 0.4) is 0 Å². The Labute approximate surface area is 195 Å². The Balaban J connectivity index is 1.37. The fourth-order valence-electron chi connectivity index (χ4n) is 4.13. The number of halogens is 1. The molecule has 1 aliphatic rings. The molecule has 0 spiro atoms. The van der Waals surface area contributed by atoms with Gasteiger partial charge in [0.25, 0.3) is 0 Å². The van der Waals surface area contributed by atoms with E-state index in [9.17, 15) is 4.79 Å². The Morgan fingerprint density at radius 2 is 1.38 bits per heavy atom. The molecule has 0 radical (unpaired) electrons. The van der Waals surface area contributed by atoms with Gasteiger partial charge in [0, 0.05) is 44.3 Å². The van der Waals surface area contributed by atoms with Gasteiger partial charge in [0.1, 0.15) is 0 Å². The number of piperazine rings is 1. The van der Waals surface area contributed by atoms with Crippen LogP contribution in [0.1, 0.15) is 16.7 Å². The molecule has 3 aromatic carbocycles. The molecule has 1 amide bonds. The molecule has 1 heterocycles. The highest BCUT2D eigenvalue weighted by Gasteiger charge is 2.27. The molecule has 5 heteroatoms. The van der Waals surface area contributed by atoms with Crippen molar-refractivity contribution in [3.63, 3.8) is 0 Å². The summed E-state index contributed by atoms with van der Waals surface area (Å²) < 4.78 is 0. The van der Waals surface area contributed by atoms with E-state index in [-0.39, 0.29) is 11.9 Å². The average molecular weight is 448 g/mol. The molecular weight excluding hydrogens is 418 g/mol. The lowest BCUT2D eigenvalue weighted by atomic mass is 10.0. The first-order valence-electron chi connectivity index (χ1n) is 11.2. The number of carbonyl (C=O) groups excluding carboxylic acids is 1. The first-order valence-corrected chi connectivity index (χ1v) is 11.6. The predicted molar refractivity (Wildman–Crippen MR) is 131 cm³/mol. The summed E-state index contributed by atoms with van der Waals surface area (Å²) in [4.78, 5) is 17.9. The van der Waals surface area contributed by atoms with Crippen LogP contribution in [0.4, 0.5) is 0 Å². The van der Waals surface area contributed by atoms with Crippen LogP contribution in [0.15, 0.2) is 84.9 Å². The molecule has 3 aromatic rings. The Morgan fingerprint density at radius 1 is 0.781 bits per heavy atom. The number of nitrogens with zero attached hydrogens (tertiary/aromatic N) is 2. The Morgan fingerprint density at radius 3 is 2.00 bits per heavy atom. The molecule has 4 rings (SSSR count). The standard InChI is InChI=1S/C27H30ClN3O/c28-25-13-11-23(12-14-25)20-29-26(19-22-7-3-1-4-8-22)27(32)31-17-15-30(16-18-31)21-24-9-5-2-6-10-24/h1-14,26,29H,15-21H2/t26-/m0/s1. The van der Waals surface area contributed by atoms with E-state index in [0.29, 0.717) is 13.0 Å².